The summed E-state index contributed by atoms with van der Waals surface area (Å²) in [5, 5.41) is 4.10. The van der Waals surface area contributed by atoms with E-state index < -0.39 is 0 Å². The van der Waals surface area contributed by atoms with Gasteiger partial charge in [0.05, 0.1) is 40.7 Å². The third-order valence-electron chi connectivity index (χ3n) is 4.41. The number of benzene rings is 1. The molecule has 0 aliphatic heterocycles. The average molecular weight is 416 g/mol. The quantitative estimate of drug-likeness (QED) is 0.497. The number of methoxy groups -OCH3 is 4. The number of carbonyl (C=O) groups is 1. The SMILES string of the molecule is COCC(=O)N(Cc1cc(-c2cc(OC)c(OC)c(OC)c2)on1)Cc1ccco1. The van der Waals surface area contributed by atoms with E-state index in [1.807, 2.05) is 0 Å². The van der Waals surface area contributed by atoms with Crippen molar-refractivity contribution in [3.05, 3.63) is 48.0 Å². The molecule has 0 saturated heterocycles. The Balaban J connectivity index is 1.84. The normalized spacial score (nSPS) is 10.7. The van der Waals surface area contributed by atoms with Crippen molar-refractivity contribution in [2.24, 2.45) is 0 Å². The Bertz CT molecular complexity index is 941. The molecule has 0 aliphatic carbocycles. The zero-order valence-electron chi connectivity index (χ0n) is 17.3. The maximum Gasteiger partial charge on any atom is 0.249 e. The lowest BCUT2D eigenvalue weighted by atomic mass is 10.1. The molecule has 2 heterocycles. The van der Waals surface area contributed by atoms with Crippen molar-refractivity contribution in [3.63, 3.8) is 0 Å². The molecule has 0 atom stereocenters. The summed E-state index contributed by atoms with van der Waals surface area (Å²) in [5.74, 6) is 2.46. The third-order valence-corrected chi connectivity index (χ3v) is 4.41. The van der Waals surface area contributed by atoms with Crippen LogP contribution in [-0.4, -0.2) is 51.0 Å². The highest BCUT2D eigenvalue weighted by atomic mass is 16.5. The van der Waals surface area contributed by atoms with Crippen LogP contribution in [0, 0.1) is 0 Å². The predicted molar refractivity (Wildman–Crippen MR) is 106 cm³/mol. The van der Waals surface area contributed by atoms with Gasteiger partial charge in [-0.2, -0.15) is 0 Å². The lowest BCUT2D eigenvalue weighted by molar-refractivity contribution is -0.136. The molecule has 0 fully saturated rings. The summed E-state index contributed by atoms with van der Waals surface area (Å²) in [5.41, 5.74) is 1.28. The number of carbonyl (C=O) groups excluding carboxylic acids is 1. The molecule has 0 N–H and O–H groups in total. The van der Waals surface area contributed by atoms with Crippen LogP contribution < -0.4 is 14.2 Å². The monoisotopic (exact) mass is 416 g/mol. The van der Waals surface area contributed by atoms with Gasteiger partial charge in [0.2, 0.25) is 11.7 Å². The zero-order valence-corrected chi connectivity index (χ0v) is 17.3. The Morgan fingerprint density at radius 2 is 1.77 bits per heavy atom. The molecule has 3 aromatic rings. The highest BCUT2D eigenvalue weighted by Crippen LogP contribution is 2.41. The fourth-order valence-corrected chi connectivity index (χ4v) is 2.98. The molecule has 30 heavy (non-hydrogen) atoms. The lowest BCUT2D eigenvalue weighted by Gasteiger charge is -2.19. The fourth-order valence-electron chi connectivity index (χ4n) is 2.98. The number of rotatable bonds is 10. The van der Waals surface area contributed by atoms with Crippen molar-refractivity contribution in [1.29, 1.82) is 0 Å². The number of hydrogen-bond donors (Lipinski definition) is 0. The second-order valence-corrected chi connectivity index (χ2v) is 6.36. The molecule has 9 nitrogen and oxygen atoms in total. The van der Waals surface area contributed by atoms with Crippen LogP contribution in [0.3, 0.4) is 0 Å². The summed E-state index contributed by atoms with van der Waals surface area (Å²) >= 11 is 0. The van der Waals surface area contributed by atoms with E-state index >= 15 is 0 Å². The lowest BCUT2D eigenvalue weighted by Crippen LogP contribution is -2.32. The summed E-state index contributed by atoms with van der Waals surface area (Å²) in [6, 6.07) is 8.87. The van der Waals surface area contributed by atoms with E-state index in [2.05, 4.69) is 5.16 Å². The van der Waals surface area contributed by atoms with Gasteiger partial charge in [-0.05, 0) is 24.3 Å². The summed E-state index contributed by atoms with van der Waals surface area (Å²) < 4.78 is 32.0. The van der Waals surface area contributed by atoms with Crippen LogP contribution >= 0.6 is 0 Å². The topological polar surface area (TPSA) is 96.4 Å². The van der Waals surface area contributed by atoms with Gasteiger partial charge >= 0.3 is 0 Å². The van der Waals surface area contributed by atoms with Crippen LogP contribution in [0.15, 0.2) is 45.5 Å². The first-order valence-corrected chi connectivity index (χ1v) is 9.14. The Hall–Kier alpha value is -3.46. The van der Waals surface area contributed by atoms with Gasteiger partial charge in [0, 0.05) is 18.7 Å². The molecule has 0 bridgehead atoms. The van der Waals surface area contributed by atoms with Crippen molar-refractivity contribution in [1.82, 2.24) is 10.1 Å². The number of amides is 1. The molecule has 1 aromatic carbocycles. The van der Waals surface area contributed by atoms with E-state index in [-0.39, 0.29) is 19.1 Å². The Labute approximate surface area is 174 Å². The highest BCUT2D eigenvalue weighted by molar-refractivity contribution is 5.77. The second kappa shape index (κ2) is 9.84. The molecule has 2 aromatic heterocycles. The average Bonchev–Trinajstić information content (AvgIpc) is 3.44. The summed E-state index contributed by atoms with van der Waals surface area (Å²) in [4.78, 5) is 14.0. The van der Waals surface area contributed by atoms with Gasteiger partial charge in [-0.1, -0.05) is 5.16 Å². The maximum atomic E-state index is 12.4. The number of hydrogen-bond acceptors (Lipinski definition) is 8. The zero-order chi connectivity index (χ0) is 21.5. The minimum absolute atomic E-state index is 0.0434. The van der Waals surface area contributed by atoms with E-state index in [0.717, 1.165) is 0 Å². The molecule has 9 heteroatoms. The van der Waals surface area contributed by atoms with Gasteiger partial charge in [0.1, 0.15) is 18.1 Å². The van der Waals surface area contributed by atoms with Crippen molar-refractivity contribution in [2.75, 3.05) is 35.0 Å². The van der Waals surface area contributed by atoms with Gasteiger partial charge in [-0.3, -0.25) is 4.79 Å². The number of ether oxygens (including phenoxy) is 4. The smallest absolute Gasteiger partial charge is 0.249 e. The second-order valence-electron chi connectivity index (χ2n) is 6.36. The Kier molecular flexibility index (Phi) is 6.97. The summed E-state index contributed by atoms with van der Waals surface area (Å²) in [6.07, 6.45) is 1.56. The number of aromatic nitrogens is 1. The molecular formula is C21H24N2O7. The maximum absolute atomic E-state index is 12.4. The molecule has 160 valence electrons. The molecular weight excluding hydrogens is 392 g/mol. The molecule has 0 spiro atoms. The van der Waals surface area contributed by atoms with E-state index in [1.54, 1.807) is 55.7 Å². The molecule has 0 radical (unpaired) electrons. The largest absolute Gasteiger partial charge is 0.493 e. The van der Waals surface area contributed by atoms with E-state index in [1.165, 1.54) is 14.2 Å². The number of furan rings is 1. The number of nitrogens with zero attached hydrogens (tertiary/aromatic N) is 2. The van der Waals surface area contributed by atoms with Crippen LogP contribution in [0.4, 0.5) is 0 Å². The van der Waals surface area contributed by atoms with Crippen molar-refractivity contribution < 1.29 is 32.7 Å². The van der Waals surface area contributed by atoms with Crippen LogP contribution in [0.5, 0.6) is 17.2 Å². The van der Waals surface area contributed by atoms with Gasteiger partial charge in [-0.15, -0.1) is 0 Å². The van der Waals surface area contributed by atoms with Gasteiger partial charge < -0.3 is 32.8 Å². The Morgan fingerprint density at radius 1 is 1.03 bits per heavy atom. The van der Waals surface area contributed by atoms with Gasteiger partial charge in [0.15, 0.2) is 17.3 Å². The minimum Gasteiger partial charge on any atom is -0.493 e. The van der Waals surface area contributed by atoms with Crippen LogP contribution in [0.1, 0.15) is 11.5 Å². The summed E-state index contributed by atoms with van der Waals surface area (Å²) in [7, 11) is 6.10. The van der Waals surface area contributed by atoms with E-state index in [0.29, 0.717) is 46.6 Å². The fraction of sp³-hybridized carbons (Fsp3) is 0.333. The molecule has 1 amide bonds. The molecule has 3 rings (SSSR count). The van der Waals surface area contributed by atoms with Crippen molar-refractivity contribution in [2.45, 2.75) is 13.1 Å². The first-order chi connectivity index (χ1) is 14.6. The third kappa shape index (κ3) is 4.74. The first kappa shape index (κ1) is 21.3. The standard InChI is InChI=1S/C21H24N2O7/c1-25-13-20(24)23(12-16-6-5-7-29-16)11-15-10-17(30-22-15)14-8-18(26-2)21(28-4)19(9-14)27-3/h5-10H,11-13H2,1-4H3. The highest BCUT2D eigenvalue weighted by Gasteiger charge is 2.20. The van der Waals surface area contributed by atoms with Crippen molar-refractivity contribution >= 4 is 5.91 Å². The molecule has 0 saturated carbocycles. The predicted octanol–water partition coefficient (Wildman–Crippen LogP) is 3.14. The van der Waals surface area contributed by atoms with Crippen molar-refractivity contribution in [3.8, 4) is 28.6 Å². The van der Waals surface area contributed by atoms with Crippen LogP contribution in [0.2, 0.25) is 0 Å². The van der Waals surface area contributed by atoms with Gasteiger partial charge in [-0.25, -0.2) is 0 Å². The Morgan fingerprint density at radius 3 is 2.33 bits per heavy atom. The summed E-state index contributed by atoms with van der Waals surface area (Å²) in [6.45, 7) is 0.483. The molecule has 0 unspecified atom stereocenters. The first-order valence-electron chi connectivity index (χ1n) is 9.14. The van der Waals surface area contributed by atoms with Crippen LogP contribution in [0.25, 0.3) is 11.3 Å². The van der Waals surface area contributed by atoms with E-state index in [4.69, 9.17) is 27.9 Å². The minimum atomic E-state index is -0.189. The van der Waals surface area contributed by atoms with E-state index in [9.17, 15) is 4.79 Å². The van der Waals surface area contributed by atoms with Gasteiger partial charge in [0.25, 0.3) is 0 Å². The molecule has 0 aliphatic rings. The van der Waals surface area contributed by atoms with Crippen LogP contribution in [-0.2, 0) is 22.6 Å².